The molecular weight excluding hydrogens is 442 g/mol. The molecule has 0 bridgehead atoms. The second-order valence-electron chi connectivity index (χ2n) is 6.71. The van der Waals surface area contributed by atoms with E-state index in [1.165, 1.54) is 9.87 Å². The minimum Gasteiger partial charge on any atom is -0.351 e. The number of hydrogen-bond donors (Lipinski definition) is 1. The van der Waals surface area contributed by atoms with Crippen molar-refractivity contribution in [2.24, 2.45) is 0 Å². The van der Waals surface area contributed by atoms with E-state index in [1.54, 1.807) is 18.2 Å². The molecule has 0 radical (unpaired) electrons. The number of carbonyl (C=O) groups excluding carboxylic acids is 1. The highest BCUT2D eigenvalue weighted by Gasteiger charge is 2.26. The highest BCUT2D eigenvalue weighted by atomic mass is 79.9. The molecule has 0 atom stereocenters. The van der Waals surface area contributed by atoms with Crippen molar-refractivity contribution in [1.82, 2.24) is 14.5 Å². The number of piperazine rings is 1. The van der Waals surface area contributed by atoms with Gasteiger partial charge in [0.15, 0.2) is 0 Å². The van der Waals surface area contributed by atoms with Crippen LogP contribution in [0, 0.1) is 0 Å². The first-order valence-corrected chi connectivity index (χ1v) is 11.6. The molecule has 0 aromatic heterocycles. The minimum atomic E-state index is -3.39. The first-order chi connectivity index (χ1) is 13.5. The lowest BCUT2D eigenvalue weighted by atomic mass is 10.2. The highest BCUT2D eigenvalue weighted by molar-refractivity contribution is 9.10. The molecule has 6 nitrogen and oxygen atoms in total. The van der Waals surface area contributed by atoms with Gasteiger partial charge in [-0.2, -0.15) is 4.31 Å². The summed E-state index contributed by atoms with van der Waals surface area (Å²) in [5.74, 6) is -0.377. The maximum Gasteiger partial charge on any atom is 0.252 e. The van der Waals surface area contributed by atoms with E-state index in [0.717, 1.165) is 6.54 Å². The van der Waals surface area contributed by atoms with E-state index >= 15 is 0 Å². The molecule has 0 unspecified atom stereocenters. The van der Waals surface area contributed by atoms with Gasteiger partial charge in [0, 0.05) is 43.7 Å². The fourth-order valence-electron chi connectivity index (χ4n) is 3.17. The van der Waals surface area contributed by atoms with Crippen LogP contribution in [0.3, 0.4) is 0 Å². The van der Waals surface area contributed by atoms with Crippen LogP contribution in [0.2, 0.25) is 0 Å². The molecule has 1 N–H and O–H groups in total. The van der Waals surface area contributed by atoms with Crippen molar-refractivity contribution in [3.63, 3.8) is 0 Å². The Kier molecular flexibility index (Phi) is 7.23. The van der Waals surface area contributed by atoms with Crippen LogP contribution in [-0.2, 0) is 16.6 Å². The smallest absolute Gasteiger partial charge is 0.252 e. The summed E-state index contributed by atoms with van der Waals surface area (Å²) in [6.45, 7) is 3.29. The first-order valence-electron chi connectivity index (χ1n) is 9.22. The van der Waals surface area contributed by atoms with Crippen molar-refractivity contribution in [1.29, 1.82) is 0 Å². The van der Waals surface area contributed by atoms with Crippen molar-refractivity contribution in [2.75, 3.05) is 38.5 Å². The summed E-state index contributed by atoms with van der Waals surface area (Å²) in [6, 6.07) is 17.2. The van der Waals surface area contributed by atoms with E-state index in [2.05, 4.69) is 38.3 Å². The monoisotopic (exact) mass is 465 g/mol. The van der Waals surface area contributed by atoms with Gasteiger partial charge in [-0.3, -0.25) is 9.69 Å². The average Bonchev–Trinajstić information content (AvgIpc) is 2.69. The van der Waals surface area contributed by atoms with E-state index in [9.17, 15) is 13.2 Å². The average molecular weight is 466 g/mol. The molecule has 1 fully saturated rings. The number of rotatable bonds is 7. The summed E-state index contributed by atoms with van der Waals surface area (Å²) in [5, 5.41) is 2.69. The van der Waals surface area contributed by atoms with Crippen LogP contribution >= 0.6 is 15.9 Å². The number of sulfonamides is 1. The summed E-state index contributed by atoms with van der Waals surface area (Å²) in [7, 11) is -3.39. The summed E-state index contributed by atoms with van der Waals surface area (Å²) in [4.78, 5) is 14.4. The number of amides is 1. The summed E-state index contributed by atoms with van der Waals surface area (Å²) >= 11 is 3.33. The van der Waals surface area contributed by atoms with Crippen molar-refractivity contribution >= 4 is 31.9 Å². The molecule has 2 aromatic carbocycles. The van der Waals surface area contributed by atoms with Gasteiger partial charge in [-0.15, -0.1) is 0 Å². The van der Waals surface area contributed by atoms with Crippen LogP contribution in [-0.4, -0.2) is 62.0 Å². The third-order valence-electron chi connectivity index (χ3n) is 4.74. The number of hydrogen-bond acceptors (Lipinski definition) is 4. The number of nitrogens with one attached hydrogen (secondary N) is 1. The molecule has 8 heteroatoms. The maximum absolute atomic E-state index is 12.6. The van der Waals surface area contributed by atoms with Gasteiger partial charge in [0.2, 0.25) is 10.0 Å². The molecule has 3 rings (SSSR count). The minimum absolute atomic E-state index is 0.0900. The Labute approximate surface area is 174 Å². The first kappa shape index (κ1) is 21.0. The maximum atomic E-state index is 12.6. The topological polar surface area (TPSA) is 69.7 Å². The summed E-state index contributed by atoms with van der Waals surface area (Å²) in [6.07, 6.45) is 0. The van der Waals surface area contributed by atoms with Crippen molar-refractivity contribution in [3.05, 3.63) is 70.2 Å². The fraction of sp³-hybridized carbons (Fsp3) is 0.350. The second-order valence-corrected chi connectivity index (χ2v) is 9.66. The molecule has 1 heterocycles. The van der Waals surface area contributed by atoms with Crippen LogP contribution in [0.5, 0.6) is 0 Å². The Bertz CT molecular complexity index is 898. The Morgan fingerprint density at radius 2 is 1.61 bits per heavy atom. The molecule has 0 saturated carbocycles. The van der Waals surface area contributed by atoms with Gasteiger partial charge in [-0.1, -0.05) is 42.5 Å². The lowest BCUT2D eigenvalue weighted by molar-refractivity contribution is 0.0955. The Hall–Kier alpha value is -1.74. The Morgan fingerprint density at radius 1 is 0.964 bits per heavy atom. The molecule has 1 aliphatic rings. The van der Waals surface area contributed by atoms with Crippen molar-refractivity contribution in [2.45, 2.75) is 6.54 Å². The molecule has 0 spiro atoms. The fourth-order valence-corrected chi connectivity index (χ4v) is 4.97. The number of halogens is 1. The third-order valence-corrected chi connectivity index (χ3v) is 7.30. The van der Waals surface area contributed by atoms with E-state index in [0.29, 0.717) is 36.2 Å². The third kappa shape index (κ3) is 5.64. The molecular formula is C20H24BrN3O3S. The zero-order chi connectivity index (χ0) is 20.0. The normalized spacial score (nSPS) is 16.0. The van der Waals surface area contributed by atoms with Gasteiger partial charge >= 0.3 is 0 Å². The largest absolute Gasteiger partial charge is 0.351 e. The van der Waals surface area contributed by atoms with E-state index in [1.807, 2.05) is 24.3 Å². The molecule has 1 aliphatic heterocycles. The Balaban J connectivity index is 1.45. The molecule has 150 valence electrons. The molecule has 0 aliphatic carbocycles. The zero-order valence-corrected chi connectivity index (χ0v) is 18.0. The van der Waals surface area contributed by atoms with Gasteiger partial charge in [0.25, 0.3) is 5.91 Å². The van der Waals surface area contributed by atoms with Gasteiger partial charge in [0.1, 0.15) is 0 Å². The summed E-state index contributed by atoms with van der Waals surface area (Å²) < 4.78 is 27.4. The number of benzene rings is 2. The Morgan fingerprint density at radius 3 is 2.29 bits per heavy atom. The van der Waals surface area contributed by atoms with Gasteiger partial charge in [-0.25, -0.2) is 8.42 Å². The molecule has 28 heavy (non-hydrogen) atoms. The van der Waals surface area contributed by atoms with Crippen molar-refractivity contribution in [3.8, 4) is 0 Å². The molecule has 2 aromatic rings. The van der Waals surface area contributed by atoms with E-state index in [4.69, 9.17) is 0 Å². The number of nitrogens with zero attached hydrogens (tertiary/aromatic N) is 2. The standard InChI is InChI=1S/C20H24BrN3O3S/c21-19-9-5-4-8-18(19)20(25)22-10-15-28(26,27)24-13-11-23(12-14-24)16-17-6-2-1-3-7-17/h1-9H,10-16H2,(H,22,25). The number of carbonyl (C=O) groups is 1. The predicted molar refractivity (Wildman–Crippen MR) is 114 cm³/mol. The lowest BCUT2D eigenvalue weighted by Gasteiger charge is -2.34. The molecule has 1 amide bonds. The zero-order valence-electron chi connectivity index (χ0n) is 15.6. The van der Waals surface area contributed by atoms with Gasteiger partial charge < -0.3 is 5.32 Å². The predicted octanol–water partition coefficient (Wildman–Crippen LogP) is 2.33. The van der Waals surface area contributed by atoms with Crippen LogP contribution < -0.4 is 5.32 Å². The lowest BCUT2D eigenvalue weighted by Crippen LogP contribution is -2.49. The van der Waals surface area contributed by atoms with Crippen LogP contribution in [0.25, 0.3) is 0 Å². The van der Waals surface area contributed by atoms with E-state index in [-0.39, 0.29) is 18.2 Å². The van der Waals surface area contributed by atoms with Crippen LogP contribution in [0.4, 0.5) is 0 Å². The summed E-state index contributed by atoms with van der Waals surface area (Å²) in [5.41, 5.74) is 1.73. The second kappa shape index (κ2) is 9.65. The van der Waals surface area contributed by atoms with Crippen LogP contribution in [0.15, 0.2) is 59.1 Å². The van der Waals surface area contributed by atoms with Crippen molar-refractivity contribution < 1.29 is 13.2 Å². The SMILES string of the molecule is O=C(NCCS(=O)(=O)N1CCN(Cc2ccccc2)CC1)c1ccccc1Br. The van der Waals surface area contributed by atoms with Crippen LogP contribution in [0.1, 0.15) is 15.9 Å². The van der Waals surface area contributed by atoms with E-state index < -0.39 is 10.0 Å². The quantitative estimate of drug-likeness (QED) is 0.680. The molecule has 1 saturated heterocycles. The van der Waals surface area contributed by atoms with Gasteiger partial charge in [-0.05, 0) is 33.6 Å². The van der Waals surface area contributed by atoms with Gasteiger partial charge in [0.05, 0.1) is 11.3 Å². The highest BCUT2D eigenvalue weighted by Crippen LogP contribution is 2.15.